The van der Waals surface area contributed by atoms with Gasteiger partial charge in [-0.15, -0.1) is 6.42 Å². The molecule has 0 radical (unpaired) electrons. The monoisotopic (exact) mass is 585 g/mol. The van der Waals surface area contributed by atoms with E-state index in [1.807, 2.05) is 0 Å². The van der Waals surface area contributed by atoms with Crippen molar-refractivity contribution < 1.29 is 18.6 Å². The van der Waals surface area contributed by atoms with Crippen LogP contribution in [0.15, 0.2) is 24.3 Å². The van der Waals surface area contributed by atoms with Crippen LogP contribution in [-0.4, -0.2) is 70.0 Å². The molecule has 2 unspecified atom stereocenters. The summed E-state index contributed by atoms with van der Waals surface area (Å²) < 4.78 is 35.7. The Labute approximate surface area is 250 Å². The Bertz CT molecular complexity index is 1630. The molecule has 5 aliphatic heterocycles. The third kappa shape index (κ3) is 4.61. The van der Waals surface area contributed by atoms with Crippen LogP contribution in [0.25, 0.3) is 10.8 Å². The average molecular weight is 586 g/mol. The zero-order valence-corrected chi connectivity index (χ0v) is 24.3. The first-order valence-corrected chi connectivity index (χ1v) is 15.7. The molecule has 43 heavy (non-hydrogen) atoms. The lowest BCUT2D eigenvalue weighted by molar-refractivity contribution is 0.106. The molecule has 0 saturated carbocycles. The van der Waals surface area contributed by atoms with Crippen LogP contribution in [0.4, 0.5) is 14.5 Å². The van der Waals surface area contributed by atoms with Crippen molar-refractivity contribution in [2.75, 3.05) is 31.1 Å². The minimum atomic E-state index is -0.822. The predicted octanol–water partition coefficient (Wildman–Crippen LogP) is 4.97. The van der Waals surface area contributed by atoms with Crippen molar-refractivity contribution in [1.82, 2.24) is 20.2 Å². The molecule has 8 rings (SSSR count). The maximum absolute atomic E-state index is 14.8. The molecule has 2 N–H and O–H groups in total. The van der Waals surface area contributed by atoms with E-state index in [1.165, 1.54) is 24.5 Å². The van der Waals surface area contributed by atoms with Crippen molar-refractivity contribution in [3.05, 3.63) is 52.6 Å². The molecular formula is C34H37F2N5O2. The lowest BCUT2D eigenvalue weighted by atomic mass is 9.85. The van der Waals surface area contributed by atoms with Gasteiger partial charge in [-0.2, -0.15) is 9.97 Å². The van der Waals surface area contributed by atoms with Gasteiger partial charge in [0.15, 0.2) is 0 Å². The highest BCUT2D eigenvalue weighted by Crippen LogP contribution is 2.43. The van der Waals surface area contributed by atoms with Crippen LogP contribution >= 0.6 is 0 Å². The van der Waals surface area contributed by atoms with Crippen molar-refractivity contribution in [3.63, 3.8) is 0 Å². The Kier molecular flexibility index (Phi) is 6.50. The van der Waals surface area contributed by atoms with E-state index in [-0.39, 0.29) is 16.9 Å². The number of ether oxygens (including phenoxy) is 1. The molecule has 9 heteroatoms. The number of rotatable bonds is 5. The Morgan fingerprint density at radius 3 is 2.81 bits per heavy atom. The number of hydrogen-bond acceptors (Lipinski definition) is 7. The van der Waals surface area contributed by atoms with E-state index in [9.17, 15) is 13.9 Å². The van der Waals surface area contributed by atoms with E-state index in [0.29, 0.717) is 73.1 Å². The number of piperidine rings is 1. The van der Waals surface area contributed by atoms with Gasteiger partial charge in [-0.05, 0) is 74.6 Å². The van der Waals surface area contributed by atoms with E-state index in [2.05, 4.69) is 21.0 Å². The predicted molar refractivity (Wildman–Crippen MR) is 161 cm³/mol. The van der Waals surface area contributed by atoms with Gasteiger partial charge in [0.25, 0.3) is 0 Å². The number of alkyl halides is 1. The van der Waals surface area contributed by atoms with Gasteiger partial charge < -0.3 is 20.1 Å². The van der Waals surface area contributed by atoms with Crippen LogP contribution in [0.5, 0.6) is 11.8 Å². The van der Waals surface area contributed by atoms with Crippen molar-refractivity contribution in [2.45, 2.75) is 87.6 Å². The number of phenolic OH excluding ortho intramolecular Hbond substituents is 1. The smallest absolute Gasteiger partial charge is 0.316 e. The number of fused-ring (bicyclic) bond motifs is 5. The van der Waals surface area contributed by atoms with Gasteiger partial charge in [0, 0.05) is 54.7 Å². The first-order chi connectivity index (χ1) is 20.9. The van der Waals surface area contributed by atoms with Crippen LogP contribution in [0.3, 0.4) is 0 Å². The molecule has 4 atom stereocenters. The molecular weight excluding hydrogens is 548 g/mol. The molecule has 2 bridgehead atoms. The molecule has 6 heterocycles. The van der Waals surface area contributed by atoms with E-state index >= 15 is 0 Å². The van der Waals surface area contributed by atoms with Crippen molar-refractivity contribution in [1.29, 1.82) is 0 Å². The summed E-state index contributed by atoms with van der Waals surface area (Å²) in [7, 11) is 0. The van der Waals surface area contributed by atoms with E-state index < -0.39 is 12.0 Å². The third-order valence-electron chi connectivity index (χ3n) is 10.7. The largest absolute Gasteiger partial charge is 0.508 e. The molecule has 1 aromatic heterocycles. The van der Waals surface area contributed by atoms with Crippen LogP contribution in [0, 0.1) is 18.2 Å². The maximum atomic E-state index is 14.8. The van der Waals surface area contributed by atoms with Gasteiger partial charge in [0.1, 0.15) is 24.3 Å². The first kappa shape index (κ1) is 27.1. The number of anilines is 1. The second-order valence-electron chi connectivity index (χ2n) is 13.3. The van der Waals surface area contributed by atoms with Crippen LogP contribution in [-0.2, 0) is 13.0 Å². The SMILES string of the molecule is C#Cc1c(F)ccc2cc(O)cc(N3CCc4c(nc(OC[C@@]56CCCN5C[C@H](F)C6)nc4C4CC5CCC(C4)N5)C3)c12. The summed E-state index contributed by atoms with van der Waals surface area (Å²) in [5.74, 6) is 2.50. The number of aromatic nitrogens is 2. The molecule has 4 saturated heterocycles. The van der Waals surface area contributed by atoms with Gasteiger partial charge in [-0.25, -0.2) is 8.78 Å². The zero-order chi connectivity index (χ0) is 29.3. The highest BCUT2D eigenvalue weighted by atomic mass is 19.1. The standard InChI is InChI=1S/C34H37F2N5O2/c1-2-26-28(36)7-4-20-14-25(42)15-30(31(20)26)40-11-8-27-29(18-40)38-33(39-32(27)21-12-23-5-6-24(13-21)37-23)43-19-34-9-3-10-41(34)17-22(35)16-34/h1,4,7,14-15,21-24,37,42H,3,5-6,8-13,16-19H2/t21?,22-,23?,24?,34+/m1/s1. The molecule has 0 aliphatic carbocycles. The van der Waals surface area contributed by atoms with Gasteiger partial charge in [-0.1, -0.05) is 12.0 Å². The highest BCUT2D eigenvalue weighted by molar-refractivity contribution is 6.00. The number of aromatic hydroxyl groups is 1. The second-order valence-corrected chi connectivity index (χ2v) is 13.3. The number of phenols is 1. The molecule has 0 spiro atoms. The fourth-order valence-corrected chi connectivity index (χ4v) is 8.77. The number of nitrogens with zero attached hydrogens (tertiary/aromatic N) is 4. The maximum Gasteiger partial charge on any atom is 0.316 e. The van der Waals surface area contributed by atoms with Crippen molar-refractivity contribution in [2.24, 2.45) is 0 Å². The minimum absolute atomic E-state index is 0.101. The van der Waals surface area contributed by atoms with Crippen LogP contribution < -0.4 is 15.0 Å². The Morgan fingerprint density at radius 2 is 2.00 bits per heavy atom. The number of halogens is 2. The third-order valence-corrected chi connectivity index (χ3v) is 10.7. The van der Waals surface area contributed by atoms with Gasteiger partial charge in [0.2, 0.25) is 0 Å². The summed E-state index contributed by atoms with van der Waals surface area (Å²) in [5.41, 5.74) is 3.75. The lowest BCUT2D eigenvalue weighted by Crippen LogP contribution is -2.43. The van der Waals surface area contributed by atoms with E-state index in [0.717, 1.165) is 50.0 Å². The fraction of sp³-hybridized carbons (Fsp3) is 0.529. The van der Waals surface area contributed by atoms with E-state index in [1.54, 1.807) is 18.2 Å². The Morgan fingerprint density at radius 1 is 1.16 bits per heavy atom. The summed E-state index contributed by atoms with van der Waals surface area (Å²) in [6.07, 6.45) is 12.6. The summed E-state index contributed by atoms with van der Waals surface area (Å²) in [4.78, 5) is 14.4. The quantitative estimate of drug-likeness (QED) is 0.410. The van der Waals surface area contributed by atoms with Crippen molar-refractivity contribution in [3.8, 4) is 24.1 Å². The number of terminal acetylenes is 1. The summed E-state index contributed by atoms with van der Waals surface area (Å²) in [6, 6.07) is 7.68. The molecule has 2 aromatic carbocycles. The molecule has 7 nitrogen and oxygen atoms in total. The Hall–Kier alpha value is -3.48. The molecule has 0 amide bonds. The number of nitrogens with one attached hydrogen (secondary N) is 1. The first-order valence-electron chi connectivity index (χ1n) is 15.7. The van der Waals surface area contributed by atoms with Crippen molar-refractivity contribution >= 4 is 16.5 Å². The topological polar surface area (TPSA) is 73.8 Å². The van der Waals surface area contributed by atoms with Gasteiger partial charge in [-0.3, -0.25) is 4.90 Å². The molecule has 4 fully saturated rings. The Balaban J connectivity index is 1.17. The molecule has 224 valence electrons. The normalized spacial score (nSPS) is 29.9. The highest BCUT2D eigenvalue weighted by Gasteiger charge is 2.49. The van der Waals surface area contributed by atoms with Crippen LogP contribution in [0.2, 0.25) is 0 Å². The van der Waals surface area contributed by atoms with Gasteiger partial charge in [0.05, 0.1) is 29.0 Å². The van der Waals surface area contributed by atoms with E-state index in [4.69, 9.17) is 21.1 Å². The number of benzene rings is 2. The second kappa shape index (κ2) is 10.3. The van der Waals surface area contributed by atoms with Gasteiger partial charge >= 0.3 is 6.01 Å². The summed E-state index contributed by atoms with van der Waals surface area (Å²) in [5, 5.41) is 15.7. The zero-order valence-electron chi connectivity index (χ0n) is 24.3. The van der Waals surface area contributed by atoms with Crippen LogP contribution in [0.1, 0.15) is 73.4 Å². The minimum Gasteiger partial charge on any atom is -0.508 e. The molecule has 5 aliphatic rings. The molecule has 3 aromatic rings. The average Bonchev–Trinajstić information content (AvgIpc) is 3.65. The fourth-order valence-electron chi connectivity index (χ4n) is 8.77. The summed E-state index contributed by atoms with van der Waals surface area (Å²) in [6.45, 7) is 2.89. The summed E-state index contributed by atoms with van der Waals surface area (Å²) >= 11 is 0. The lowest BCUT2D eigenvalue weighted by Gasteiger charge is -2.35. The number of hydrogen-bond donors (Lipinski definition) is 2.